The van der Waals surface area contributed by atoms with Crippen LogP contribution in [0.4, 0.5) is 17.1 Å². The normalized spacial score (nSPS) is 11.1. The molecule has 0 amide bonds. The van der Waals surface area contributed by atoms with Crippen LogP contribution in [-0.2, 0) is 0 Å². The Morgan fingerprint density at radius 2 is 0.667 bits per heavy atom. The molecule has 0 aromatic heterocycles. The summed E-state index contributed by atoms with van der Waals surface area (Å²) in [5.41, 5.74) is 12.9. The second kappa shape index (κ2) is 13.3. The molecule has 1 nitrogen and oxygen atoms in total. The molecule has 0 atom stereocenters. The van der Waals surface area contributed by atoms with E-state index < -0.39 is 0 Å². The summed E-state index contributed by atoms with van der Waals surface area (Å²) in [5, 5.41) is 5.06. The lowest BCUT2D eigenvalue weighted by molar-refractivity contribution is 1.28. The van der Waals surface area contributed by atoms with E-state index in [1.807, 2.05) is 0 Å². The second-order valence-electron chi connectivity index (χ2n) is 13.0. The van der Waals surface area contributed by atoms with Crippen LogP contribution in [0, 0.1) is 0 Å². The molecule has 240 valence electrons. The van der Waals surface area contributed by atoms with Gasteiger partial charge in [0.15, 0.2) is 0 Å². The summed E-state index contributed by atoms with van der Waals surface area (Å²) in [5.74, 6) is 0. The van der Waals surface area contributed by atoms with Gasteiger partial charge in [-0.15, -0.1) is 0 Å². The van der Waals surface area contributed by atoms with Crippen molar-refractivity contribution in [1.29, 1.82) is 0 Å². The molecule has 0 radical (unpaired) electrons. The van der Waals surface area contributed by atoms with Crippen LogP contribution in [0.1, 0.15) is 0 Å². The topological polar surface area (TPSA) is 3.24 Å². The summed E-state index contributed by atoms with van der Waals surface area (Å²) in [6.45, 7) is 0. The van der Waals surface area contributed by atoms with Gasteiger partial charge in [-0.3, -0.25) is 0 Å². The fourth-order valence-corrected chi connectivity index (χ4v) is 7.30. The van der Waals surface area contributed by atoms with E-state index in [9.17, 15) is 0 Å². The summed E-state index contributed by atoms with van der Waals surface area (Å²) in [6, 6.07) is 76.6. The summed E-state index contributed by atoms with van der Waals surface area (Å²) in [6.07, 6.45) is 0. The summed E-state index contributed by atoms with van der Waals surface area (Å²) >= 11 is 0. The zero-order valence-corrected chi connectivity index (χ0v) is 28.2. The number of benzene rings is 9. The molecule has 1 heteroatoms. The average Bonchev–Trinajstić information content (AvgIpc) is 3.22. The second-order valence-corrected chi connectivity index (χ2v) is 13.0. The first-order chi connectivity index (χ1) is 25.3. The zero-order valence-electron chi connectivity index (χ0n) is 28.2. The van der Waals surface area contributed by atoms with Crippen molar-refractivity contribution in [3.8, 4) is 44.5 Å². The molecular formula is C50H35N. The Labute approximate surface area is 299 Å². The zero-order chi connectivity index (χ0) is 34.0. The number of nitrogens with zero attached hydrogens (tertiary/aromatic N) is 1. The van der Waals surface area contributed by atoms with Gasteiger partial charge in [-0.25, -0.2) is 0 Å². The van der Waals surface area contributed by atoms with Crippen LogP contribution >= 0.6 is 0 Å². The van der Waals surface area contributed by atoms with Gasteiger partial charge in [0, 0.05) is 17.1 Å². The quantitative estimate of drug-likeness (QED) is 0.155. The molecule has 9 rings (SSSR count). The Kier molecular flexibility index (Phi) is 7.92. The van der Waals surface area contributed by atoms with Crippen LogP contribution in [0.25, 0.3) is 66.1 Å². The molecule has 0 unspecified atom stereocenters. The monoisotopic (exact) mass is 649 g/mol. The maximum absolute atomic E-state index is 2.38. The minimum atomic E-state index is 1.10. The van der Waals surface area contributed by atoms with Gasteiger partial charge < -0.3 is 4.90 Å². The SMILES string of the molecule is c1ccc(-c2ccc(-c3cccc(N(c4ccc(-c5ccccc5)cc4)c4cccc(-c5cc6ccccc6c6ccccc56)c4)c3)cc2)cc1. The van der Waals surface area contributed by atoms with Gasteiger partial charge in [0.2, 0.25) is 0 Å². The molecule has 51 heavy (non-hydrogen) atoms. The highest BCUT2D eigenvalue weighted by Crippen LogP contribution is 2.41. The van der Waals surface area contributed by atoms with Crippen LogP contribution in [0.15, 0.2) is 212 Å². The Hall–Kier alpha value is -6.70. The minimum absolute atomic E-state index is 1.10. The number of hydrogen-bond donors (Lipinski definition) is 0. The Morgan fingerprint density at radius 3 is 1.29 bits per heavy atom. The lowest BCUT2D eigenvalue weighted by Gasteiger charge is -2.27. The average molecular weight is 650 g/mol. The van der Waals surface area contributed by atoms with Crippen LogP contribution in [-0.4, -0.2) is 0 Å². The molecule has 0 N–H and O–H groups in total. The number of hydrogen-bond acceptors (Lipinski definition) is 1. The van der Waals surface area contributed by atoms with Crippen molar-refractivity contribution in [2.24, 2.45) is 0 Å². The Balaban J connectivity index is 1.16. The predicted octanol–water partition coefficient (Wildman–Crippen LogP) is 14.1. The molecule has 0 heterocycles. The van der Waals surface area contributed by atoms with Crippen LogP contribution in [0.3, 0.4) is 0 Å². The maximum Gasteiger partial charge on any atom is 0.0467 e. The number of fused-ring (bicyclic) bond motifs is 3. The van der Waals surface area contributed by atoms with Gasteiger partial charge in [0.25, 0.3) is 0 Å². The third-order valence-corrected chi connectivity index (χ3v) is 9.85. The summed E-state index contributed by atoms with van der Waals surface area (Å²) < 4.78 is 0. The molecule has 0 aliphatic rings. The van der Waals surface area contributed by atoms with Crippen molar-refractivity contribution in [3.05, 3.63) is 212 Å². The first-order valence-corrected chi connectivity index (χ1v) is 17.5. The standard InChI is InChI=1S/C50H35N/c1-3-13-36(14-4-1)38-25-27-40(28-26-38)41-18-11-20-45(33-41)51(44-31-29-39(30-32-44)37-15-5-2-6-16-37)46-21-12-19-42(34-46)50-35-43-17-7-8-22-47(43)48-23-9-10-24-49(48)50/h1-35H. The molecule has 0 aliphatic carbocycles. The number of anilines is 3. The molecular weight excluding hydrogens is 615 g/mol. The van der Waals surface area contributed by atoms with Gasteiger partial charge in [0.1, 0.15) is 0 Å². The molecule has 0 bridgehead atoms. The first-order valence-electron chi connectivity index (χ1n) is 17.5. The molecule has 9 aromatic rings. The van der Waals surface area contributed by atoms with Gasteiger partial charge in [-0.2, -0.15) is 0 Å². The van der Waals surface area contributed by atoms with Crippen molar-refractivity contribution >= 4 is 38.6 Å². The van der Waals surface area contributed by atoms with Crippen molar-refractivity contribution in [3.63, 3.8) is 0 Å². The molecule has 0 saturated heterocycles. The molecule has 9 aromatic carbocycles. The van der Waals surface area contributed by atoms with Crippen molar-refractivity contribution in [2.45, 2.75) is 0 Å². The smallest absolute Gasteiger partial charge is 0.0467 e. The molecule has 0 fully saturated rings. The van der Waals surface area contributed by atoms with E-state index in [2.05, 4.69) is 217 Å². The van der Waals surface area contributed by atoms with Crippen LogP contribution < -0.4 is 4.90 Å². The van der Waals surface area contributed by atoms with E-state index in [1.54, 1.807) is 0 Å². The van der Waals surface area contributed by atoms with E-state index in [4.69, 9.17) is 0 Å². The first kappa shape index (κ1) is 30.4. The van der Waals surface area contributed by atoms with Crippen molar-refractivity contribution < 1.29 is 0 Å². The summed E-state index contributed by atoms with van der Waals surface area (Å²) in [4.78, 5) is 2.38. The van der Waals surface area contributed by atoms with E-state index in [-0.39, 0.29) is 0 Å². The highest BCUT2D eigenvalue weighted by Gasteiger charge is 2.16. The van der Waals surface area contributed by atoms with Gasteiger partial charge >= 0.3 is 0 Å². The van der Waals surface area contributed by atoms with Crippen LogP contribution in [0.5, 0.6) is 0 Å². The minimum Gasteiger partial charge on any atom is -0.310 e. The van der Waals surface area contributed by atoms with Gasteiger partial charge in [0.05, 0.1) is 0 Å². The lowest BCUT2D eigenvalue weighted by atomic mass is 9.93. The van der Waals surface area contributed by atoms with E-state index in [0.29, 0.717) is 0 Å². The van der Waals surface area contributed by atoms with Crippen molar-refractivity contribution in [1.82, 2.24) is 0 Å². The number of rotatable bonds is 7. The van der Waals surface area contributed by atoms with Gasteiger partial charge in [-0.1, -0.05) is 170 Å². The highest BCUT2D eigenvalue weighted by molar-refractivity contribution is 6.13. The van der Waals surface area contributed by atoms with E-state index in [0.717, 1.165) is 17.1 Å². The highest BCUT2D eigenvalue weighted by atomic mass is 15.1. The van der Waals surface area contributed by atoms with Crippen LogP contribution in [0.2, 0.25) is 0 Å². The molecule has 0 saturated carbocycles. The van der Waals surface area contributed by atoms with Gasteiger partial charge in [-0.05, 0) is 109 Å². The third kappa shape index (κ3) is 5.96. The Bertz CT molecular complexity index is 2600. The Morgan fingerprint density at radius 1 is 0.235 bits per heavy atom. The predicted molar refractivity (Wildman–Crippen MR) is 218 cm³/mol. The molecule has 0 spiro atoms. The third-order valence-electron chi connectivity index (χ3n) is 9.85. The largest absolute Gasteiger partial charge is 0.310 e. The maximum atomic E-state index is 2.38. The lowest BCUT2D eigenvalue weighted by Crippen LogP contribution is -2.10. The fourth-order valence-electron chi connectivity index (χ4n) is 7.30. The summed E-state index contributed by atoms with van der Waals surface area (Å²) in [7, 11) is 0. The fraction of sp³-hybridized carbons (Fsp3) is 0. The van der Waals surface area contributed by atoms with E-state index in [1.165, 1.54) is 66.1 Å². The van der Waals surface area contributed by atoms with E-state index >= 15 is 0 Å². The van der Waals surface area contributed by atoms with Crippen molar-refractivity contribution in [2.75, 3.05) is 4.90 Å². The molecule has 0 aliphatic heterocycles.